The van der Waals surface area contributed by atoms with E-state index in [0.29, 0.717) is 12.1 Å². The molecule has 2 amide bonds. The molecule has 1 aromatic carbocycles. The van der Waals surface area contributed by atoms with E-state index in [9.17, 15) is 9.59 Å². The fourth-order valence-corrected chi connectivity index (χ4v) is 3.37. The molecule has 2 aromatic rings. The summed E-state index contributed by atoms with van der Waals surface area (Å²) in [4.78, 5) is 32.1. The lowest BCUT2D eigenvalue weighted by Crippen LogP contribution is -2.49. The van der Waals surface area contributed by atoms with Crippen molar-refractivity contribution in [3.05, 3.63) is 48.2 Å². The van der Waals surface area contributed by atoms with Crippen LogP contribution in [0.15, 0.2) is 42.6 Å². The van der Waals surface area contributed by atoms with Gasteiger partial charge in [-0.1, -0.05) is 12.1 Å². The van der Waals surface area contributed by atoms with Crippen LogP contribution in [0.5, 0.6) is 0 Å². The molecule has 1 aliphatic heterocycles. The quantitative estimate of drug-likeness (QED) is 0.705. The van der Waals surface area contributed by atoms with Crippen LogP contribution in [-0.2, 0) is 4.79 Å². The minimum absolute atomic E-state index is 0.246. The molecule has 9 heteroatoms. The van der Waals surface area contributed by atoms with Gasteiger partial charge in [0.1, 0.15) is 12.4 Å². The normalized spacial score (nSPS) is 14.2. The third kappa shape index (κ3) is 5.46. The first-order valence-corrected chi connectivity index (χ1v) is 9.66. The molecule has 3 N–H and O–H groups in total. The summed E-state index contributed by atoms with van der Waals surface area (Å²) in [6.07, 6.45) is 0.691. The van der Waals surface area contributed by atoms with Crippen LogP contribution in [0.1, 0.15) is 5.56 Å². The number of carbonyl (C=O) groups excluding carboxylic acids is 1. The van der Waals surface area contributed by atoms with Gasteiger partial charge in [0.05, 0.1) is 11.6 Å². The Bertz CT molecular complexity index is 915. The van der Waals surface area contributed by atoms with Crippen molar-refractivity contribution >= 4 is 17.8 Å². The number of aromatic nitrogens is 1. The number of carbonyl (C=O) groups is 2. The van der Waals surface area contributed by atoms with Crippen LogP contribution in [0.25, 0.3) is 11.1 Å². The smallest absolute Gasteiger partial charge is 0.407 e. The molecule has 3 rings (SSSR count). The molecule has 2 heterocycles. The zero-order valence-electron chi connectivity index (χ0n) is 16.6. The second kappa shape index (κ2) is 9.71. The van der Waals surface area contributed by atoms with Crippen LogP contribution in [0, 0.1) is 11.3 Å². The lowest BCUT2D eigenvalue weighted by molar-refractivity contribution is -0.118. The molecule has 0 unspecified atom stereocenters. The minimum atomic E-state index is -1.14. The molecule has 156 valence electrons. The Balaban J connectivity index is 1.51. The molecule has 0 spiro atoms. The van der Waals surface area contributed by atoms with E-state index in [2.05, 4.69) is 20.9 Å². The maximum atomic E-state index is 11.2. The highest BCUT2D eigenvalue weighted by Gasteiger charge is 2.20. The van der Waals surface area contributed by atoms with Gasteiger partial charge in [0.25, 0.3) is 0 Å². The van der Waals surface area contributed by atoms with Gasteiger partial charge in [0, 0.05) is 51.0 Å². The SMILES string of the molecule is N#Cc1ccc(-c2ccc(N3CCN(CCN(CC(N)=O)C(=O)O)CC3)nc2)cc1. The number of piperazine rings is 1. The van der Waals surface area contributed by atoms with E-state index in [1.165, 1.54) is 0 Å². The van der Waals surface area contributed by atoms with Crippen molar-refractivity contribution in [3.63, 3.8) is 0 Å². The topological polar surface area (TPSA) is 127 Å². The number of nitrogens with zero attached hydrogens (tertiary/aromatic N) is 5. The average molecular weight is 408 g/mol. The van der Waals surface area contributed by atoms with E-state index in [1.807, 2.05) is 30.5 Å². The average Bonchev–Trinajstić information content (AvgIpc) is 2.77. The second-order valence-corrected chi connectivity index (χ2v) is 7.09. The highest BCUT2D eigenvalue weighted by molar-refractivity contribution is 5.80. The first kappa shape index (κ1) is 21.1. The zero-order chi connectivity index (χ0) is 21.5. The molecule has 1 aliphatic rings. The number of anilines is 1. The van der Waals surface area contributed by atoms with Gasteiger partial charge in [-0.25, -0.2) is 9.78 Å². The van der Waals surface area contributed by atoms with Gasteiger partial charge in [-0.3, -0.25) is 14.6 Å². The van der Waals surface area contributed by atoms with Crippen LogP contribution in [-0.4, -0.2) is 77.7 Å². The number of nitriles is 1. The summed E-state index contributed by atoms with van der Waals surface area (Å²) in [6.45, 7) is 3.64. The van der Waals surface area contributed by atoms with Crippen LogP contribution in [0.4, 0.5) is 10.6 Å². The Morgan fingerprint density at radius 2 is 1.77 bits per heavy atom. The van der Waals surface area contributed by atoms with Crippen molar-refractivity contribution in [2.75, 3.05) is 50.7 Å². The van der Waals surface area contributed by atoms with Crippen molar-refractivity contribution < 1.29 is 14.7 Å². The largest absolute Gasteiger partial charge is 0.465 e. The summed E-state index contributed by atoms with van der Waals surface area (Å²) < 4.78 is 0. The summed E-state index contributed by atoms with van der Waals surface area (Å²) in [5.74, 6) is 0.241. The molecule has 0 atom stereocenters. The van der Waals surface area contributed by atoms with Crippen LogP contribution in [0.2, 0.25) is 0 Å². The Kier molecular flexibility index (Phi) is 6.83. The number of nitrogens with two attached hydrogens (primary N) is 1. The maximum Gasteiger partial charge on any atom is 0.407 e. The lowest BCUT2D eigenvalue weighted by Gasteiger charge is -2.36. The number of pyridine rings is 1. The van der Waals surface area contributed by atoms with Gasteiger partial charge in [-0.2, -0.15) is 5.26 Å². The Labute approximate surface area is 174 Å². The van der Waals surface area contributed by atoms with Gasteiger partial charge >= 0.3 is 6.09 Å². The van der Waals surface area contributed by atoms with Crippen molar-refractivity contribution in [1.82, 2.24) is 14.8 Å². The molecule has 0 radical (unpaired) electrons. The molecule has 30 heavy (non-hydrogen) atoms. The van der Waals surface area contributed by atoms with Crippen molar-refractivity contribution in [2.45, 2.75) is 0 Å². The molecule has 9 nitrogen and oxygen atoms in total. The predicted molar refractivity (Wildman–Crippen MR) is 112 cm³/mol. The molecule has 1 fully saturated rings. The van der Waals surface area contributed by atoms with Crippen molar-refractivity contribution in [3.8, 4) is 17.2 Å². The molecule has 1 aromatic heterocycles. The van der Waals surface area contributed by atoms with Crippen LogP contribution >= 0.6 is 0 Å². The summed E-state index contributed by atoms with van der Waals surface area (Å²) in [5, 5.41) is 18.0. The molecular weight excluding hydrogens is 384 g/mol. The first-order valence-electron chi connectivity index (χ1n) is 9.66. The monoisotopic (exact) mass is 408 g/mol. The Hall–Kier alpha value is -3.64. The predicted octanol–water partition coefficient (Wildman–Crippen LogP) is 1.21. The number of hydrogen-bond donors (Lipinski definition) is 2. The minimum Gasteiger partial charge on any atom is -0.465 e. The van der Waals surface area contributed by atoms with Crippen LogP contribution in [0.3, 0.4) is 0 Å². The lowest BCUT2D eigenvalue weighted by atomic mass is 10.1. The number of hydrogen-bond acceptors (Lipinski definition) is 6. The fourth-order valence-electron chi connectivity index (χ4n) is 3.37. The van der Waals surface area contributed by atoms with E-state index in [0.717, 1.165) is 48.0 Å². The maximum absolute atomic E-state index is 11.2. The number of benzene rings is 1. The molecular formula is C21H24N6O3. The third-order valence-corrected chi connectivity index (χ3v) is 5.09. The molecule has 0 aliphatic carbocycles. The number of carboxylic acid groups (broad SMARTS) is 1. The number of primary amides is 1. The van der Waals surface area contributed by atoms with E-state index >= 15 is 0 Å². The first-order chi connectivity index (χ1) is 14.5. The Morgan fingerprint density at radius 1 is 1.10 bits per heavy atom. The van der Waals surface area contributed by atoms with Crippen molar-refractivity contribution in [1.29, 1.82) is 5.26 Å². The van der Waals surface area contributed by atoms with E-state index in [1.54, 1.807) is 12.1 Å². The van der Waals surface area contributed by atoms with Crippen LogP contribution < -0.4 is 10.6 Å². The fraction of sp³-hybridized carbons (Fsp3) is 0.333. The molecule has 0 saturated carbocycles. The second-order valence-electron chi connectivity index (χ2n) is 7.09. The van der Waals surface area contributed by atoms with Gasteiger partial charge < -0.3 is 15.7 Å². The molecule has 0 bridgehead atoms. The van der Waals surface area contributed by atoms with Gasteiger partial charge in [0.2, 0.25) is 5.91 Å². The zero-order valence-corrected chi connectivity index (χ0v) is 16.6. The van der Waals surface area contributed by atoms with Crippen molar-refractivity contribution in [2.24, 2.45) is 5.73 Å². The van der Waals surface area contributed by atoms with Gasteiger partial charge in [-0.05, 0) is 29.8 Å². The van der Waals surface area contributed by atoms with E-state index < -0.39 is 12.0 Å². The number of amides is 2. The molecule has 1 saturated heterocycles. The third-order valence-electron chi connectivity index (χ3n) is 5.09. The highest BCUT2D eigenvalue weighted by Crippen LogP contribution is 2.22. The standard InChI is InChI=1S/C21H24N6O3/c22-13-16-1-3-17(4-2-16)18-5-6-20(24-14-18)26-10-7-25(8-11-26)9-12-27(21(29)30)15-19(23)28/h1-6,14H,7-12,15H2,(H2,23,28)(H,29,30). The summed E-state index contributed by atoms with van der Waals surface area (Å²) >= 11 is 0. The summed E-state index contributed by atoms with van der Waals surface area (Å²) in [7, 11) is 0. The highest BCUT2D eigenvalue weighted by atomic mass is 16.4. The van der Waals surface area contributed by atoms with Gasteiger partial charge in [0.15, 0.2) is 0 Å². The van der Waals surface area contributed by atoms with E-state index in [4.69, 9.17) is 16.1 Å². The number of rotatable bonds is 7. The van der Waals surface area contributed by atoms with E-state index in [-0.39, 0.29) is 13.1 Å². The van der Waals surface area contributed by atoms with Gasteiger partial charge in [-0.15, -0.1) is 0 Å². The summed E-state index contributed by atoms with van der Waals surface area (Å²) in [6, 6.07) is 13.5. The summed E-state index contributed by atoms with van der Waals surface area (Å²) in [5.41, 5.74) is 7.73. The Morgan fingerprint density at radius 3 is 2.30 bits per heavy atom.